The summed E-state index contributed by atoms with van der Waals surface area (Å²) in [6.07, 6.45) is 3.32. The smallest absolute Gasteiger partial charge is 0.0651 e. The molecule has 0 heterocycles. The summed E-state index contributed by atoms with van der Waals surface area (Å²) in [6.45, 7) is 7.18. The Morgan fingerprint density at radius 2 is 1.75 bits per heavy atom. The molecule has 0 saturated heterocycles. The Hall–Kier alpha value is -0.860. The van der Waals surface area contributed by atoms with Crippen LogP contribution >= 0.6 is 0 Å². The van der Waals surface area contributed by atoms with Gasteiger partial charge in [0.05, 0.1) is 6.10 Å². The van der Waals surface area contributed by atoms with Crippen molar-refractivity contribution in [3.05, 3.63) is 35.4 Å². The molecule has 1 aromatic rings. The third-order valence-corrected chi connectivity index (χ3v) is 5.06. The summed E-state index contributed by atoms with van der Waals surface area (Å²) in [6, 6.07) is 8.65. The highest BCUT2D eigenvalue weighted by Gasteiger charge is 2.34. The Morgan fingerprint density at radius 3 is 2.20 bits per heavy atom. The molecule has 20 heavy (non-hydrogen) atoms. The van der Waals surface area contributed by atoms with Crippen LogP contribution in [-0.2, 0) is 0 Å². The zero-order valence-electron chi connectivity index (χ0n) is 13.0. The molecule has 1 aromatic carbocycles. The van der Waals surface area contributed by atoms with Gasteiger partial charge in [0.2, 0.25) is 0 Å². The van der Waals surface area contributed by atoms with Crippen LogP contribution in [0.4, 0.5) is 0 Å². The van der Waals surface area contributed by atoms with Crippen LogP contribution in [0, 0.1) is 11.8 Å². The van der Waals surface area contributed by atoms with Gasteiger partial charge in [-0.2, -0.15) is 0 Å². The fraction of sp³-hybridized carbons (Fsp3) is 0.667. The van der Waals surface area contributed by atoms with Crippen LogP contribution in [-0.4, -0.2) is 17.8 Å². The lowest BCUT2D eigenvalue weighted by Crippen LogP contribution is -2.33. The van der Waals surface area contributed by atoms with E-state index in [1.54, 1.807) is 0 Å². The van der Waals surface area contributed by atoms with E-state index in [1.807, 2.05) is 0 Å². The van der Waals surface area contributed by atoms with E-state index < -0.39 is 0 Å². The fourth-order valence-corrected chi connectivity index (χ4v) is 3.58. The van der Waals surface area contributed by atoms with E-state index in [2.05, 4.69) is 45.0 Å². The Balaban J connectivity index is 2.14. The van der Waals surface area contributed by atoms with Gasteiger partial charge in [0.15, 0.2) is 0 Å². The lowest BCUT2D eigenvalue weighted by Gasteiger charge is -2.29. The van der Waals surface area contributed by atoms with Crippen molar-refractivity contribution in [3.8, 4) is 0 Å². The number of aliphatic hydroxyl groups excluding tert-OH is 1. The first kappa shape index (κ1) is 15.5. The Labute approximate surface area is 123 Å². The SMILES string of the molecule is CC(C)c1ccc(C(CN)C(O)C2CCCC2C)cc1. The van der Waals surface area contributed by atoms with Crippen molar-refractivity contribution in [2.75, 3.05) is 6.54 Å². The maximum atomic E-state index is 10.7. The third kappa shape index (κ3) is 3.24. The van der Waals surface area contributed by atoms with Gasteiger partial charge < -0.3 is 10.8 Å². The summed E-state index contributed by atoms with van der Waals surface area (Å²) in [5.41, 5.74) is 8.48. The van der Waals surface area contributed by atoms with E-state index in [4.69, 9.17) is 5.73 Å². The van der Waals surface area contributed by atoms with Crippen LogP contribution in [0.2, 0.25) is 0 Å². The number of nitrogens with two attached hydrogens (primary N) is 1. The second kappa shape index (κ2) is 6.73. The minimum absolute atomic E-state index is 0.0711. The zero-order valence-corrected chi connectivity index (χ0v) is 13.0. The standard InChI is InChI=1S/C18H29NO/c1-12(2)14-7-9-15(10-8-14)17(11-19)18(20)16-6-4-5-13(16)3/h7-10,12-13,16-18,20H,4-6,11,19H2,1-3H3. The molecule has 0 bridgehead atoms. The summed E-state index contributed by atoms with van der Waals surface area (Å²) in [5.74, 6) is 1.64. The van der Waals surface area contributed by atoms with E-state index in [1.165, 1.54) is 24.0 Å². The quantitative estimate of drug-likeness (QED) is 0.861. The van der Waals surface area contributed by atoms with Gasteiger partial charge in [0.25, 0.3) is 0 Å². The van der Waals surface area contributed by atoms with Gasteiger partial charge in [-0.25, -0.2) is 0 Å². The average Bonchev–Trinajstić information content (AvgIpc) is 2.86. The molecule has 0 aliphatic heterocycles. The number of hydrogen-bond donors (Lipinski definition) is 2. The molecule has 4 atom stereocenters. The normalized spacial score (nSPS) is 25.9. The van der Waals surface area contributed by atoms with Crippen LogP contribution in [0.5, 0.6) is 0 Å². The van der Waals surface area contributed by atoms with Crippen molar-refractivity contribution in [1.82, 2.24) is 0 Å². The first-order valence-corrected chi connectivity index (χ1v) is 8.02. The molecule has 0 spiro atoms. The molecule has 1 aliphatic carbocycles. The van der Waals surface area contributed by atoms with Crippen LogP contribution in [0.3, 0.4) is 0 Å². The maximum Gasteiger partial charge on any atom is 0.0651 e. The third-order valence-electron chi connectivity index (χ3n) is 5.06. The van der Waals surface area contributed by atoms with Crippen molar-refractivity contribution in [3.63, 3.8) is 0 Å². The first-order chi connectivity index (χ1) is 9.54. The Kier molecular flexibility index (Phi) is 5.22. The van der Waals surface area contributed by atoms with Gasteiger partial charge >= 0.3 is 0 Å². The van der Waals surface area contributed by atoms with Gasteiger partial charge in [0.1, 0.15) is 0 Å². The highest BCUT2D eigenvalue weighted by molar-refractivity contribution is 5.28. The molecule has 0 aromatic heterocycles. The van der Waals surface area contributed by atoms with Crippen LogP contribution in [0.1, 0.15) is 63.0 Å². The lowest BCUT2D eigenvalue weighted by atomic mass is 9.81. The molecule has 3 N–H and O–H groups in total. The number of rotatable bonds is 5. The van der Waals surface area contributed by atoms with Gasteiger partial charge in [-0.05, 0) is 35.3 Å². The van der Waals surface area contributed by atoms with Crippen molar-refractivity contribution < 1.29 is 5.11 Å². The van der Waals surface area contributed by atoms with Gasteiger partial charge in [0, 0.05) is 12.5 Å². The van der Waals surface area contributed by atoms with Gasteiger partial charge in [-0.15, -0.1) is 0 Å². The van der Waals surface area contributed by atoms with Gasteiger partial charge in [-0.1, -0.05) is 57.9 Å². The lowest BCUT2D eigenvalue weighted by molar-refractivity contribution is 0.0665. The number of hydrogen-bond acceptors (Lipinski definition) is 2. The predicted octanol–water partition coefficient (Wildman–Crippen LogP) is 3.65. The number of aliphatic hydroxyl groups is 1. The Bertz CT molecular complexity index is 412. The van der Waals surface area contributed by atoms with Crippen molar-refractivity contribution in [2.45, 2.75) is 58.0 Å². The van der Waals surface area contributed by atoms with E-state index in [0.717, 1.165) is 6.42 Å². The summed E-state index contributed by atoms with van der Waals surface area (Å²) in [7, 11) is 0. The van der Waals surface area contributed by atoms with Crippen LogP contribution < -0.4 is 5.73 Å². The molecule has 2 heteroatoms. The maximum absolute atomic E-state index is 10.7. The first-order valence-electron chi connectivity index (χ1n) is 8.02. The molecule has 1 fully saturated rings. The molecule has 1 saturated carbocycles. The monoisotopic (exact) mass is 275 g/mol. The summed E-state index contributed by atoms with van der Waals surface area (Å²) in [4.78, 5) is 0. The second-order valence-corrected chi connectivity index (χ2v) is 6.73. The molecule has 0 amide bonds. The number of benzene rings is 1. The van der Waals surface area contributed by atoms with Crippen molar-refractivity contribution >= 4 is 0 Å². The molecule has 4 unspecified atom stereocenters. The van der Waals surface area contributed by atoms with Crippen molar-refractivity contribution in [2.24, 2.45) is 17.6 Å². The van der Waals surface area contributed by atoms with E-state index in [9.17, 15) is 5.11 Å². The summed E-state index contributed by atoms with van der Waals surface area (Å²) < 4.78 is 0. The summed E-state index contributed by atoms with van der Waals surface area (Å²) in [5, 5.41) is 10.7. The molecule has 0 radical (unpaired) electrons. The fourth-order valence-electron chi connectivity index (χ4n) is 3.58. The highest BCUT2D eigenvalue weighted by atomic mass is 16.3. The molecule has 112 valence electrons. The predicted molar refractivity (Wildman–Crippen MR) is 84.8 cm³/mol. The molecule has 2 nitrogen and oxygen atoms in total. The van der Waals surface area contributed by atoms with Crippen LogP contribution in [0.15, 0.2) is 24.3 Å². The molecule has 2 rings (SSSR count). The van der Waals surface area contributed by atoms with Crippen molar-refractivity contribution in [1.29, 1.82) is 0 Å². The average molecular weight is 275 g/mol. The van der Waals surface area contributed by atoms with E-state index >= 15 is 0 Å². The van der Waals surface area contributed by atoms with E-state index in [0.29, 0.717) is 24.3 Å². The second-order valence-electron chi connectivity index (χ2n) is 6.73. The largest absolute Gasteiger partial charge is 0.392 e. The summed E-state index contributed by atoms with van der Waals surface area (Å²) >= 11 is 0. The van der Waals surface area contributed by atoms with E-state index in [-0.39, 0.29) is 12.0 Å². The minimum atomic E-state index is -0.303. The van der Waals surface area contributed by atoms with Crippen LogP contribution in [0.25, 0.3) is 0 Å². The topological polar surface area (TPSA) is 46.2 Å². The zero-order chi connectivity index (χ0) is 14.7. The molecular formula is C18H29NO. The highest BCUT2D eigenvalue weighted by Crippen LogP contribution is 2.38. The van der Waals surface area contributed by atoms with Gasteiger partial charge in [-0.3, -0.25) is 0 Å². The minimum Gasteiger partial charge on any atom is -0.392 e. The molecular weight excluding hydrogens is 246 g/mol. The Morgan fingerprint density at radius 1 is 1.15 bits per heavy atom. The molecule has 1 aliphatic rings.